The van der Waals surface area contributed by atoms with Crippen molar-refractivity contribution >= 4 is 67.8 Å². The number of nitrogens with zero attached hydrogens (tertiary/aromatic N) is 2. The van der Waals surface area contributed by atoms with Gasteiger partial charge in [0, 0.05) is 33.5 Å². The lowest BCUT2D eigenvalue weighted by Crippen LogP contribution is -2.11. The zero-order chi connectivity index (χ0) is 44.7. The normalized spacial score (nSPS) is 11.0. The van der Waals surface area contributed by atoms with Gasteiger partial charge in [0.2, 0.25) is 0 Å². The van der Waals surface area contributed by atoms with Crippen LogP contribution in [-0.2, 0) is 13.2 Å². The molecule has 0 atom stereocenters. The van der Waals surface area contributed by atoms with Gasteiger partial charge in [-0.25, -0.2) is 0 Å². The summed E-state index contributed by atoms with van der Waals surface area (Å²) >= 11 is 0. The van der Waals surface area contributed by atoms with Gasteiger partial charge in [-0.1, -0.05) is 171 Å². The van der Waals surface area contributed by atoms with Gasteiger partial charge in [0.05, 0.1) is 11.4 Å². The van der Waals surface area contributed by atoms with Crippen LogP contribution in [0.25, 0.3) is 44.8 Å². The van der Waals surface area contributed by atoms with Crippen LogP contribution in [0, 0.1) is 0 Å². The molecule has 0 saturated heterocycles. The quantitative estimate of drug-likeness (QED) is 0.103. The summed E-state index contributed by atoms with van der Waals surface area (Å²) < 4.78 is 12.5. The van der Waals surface area contributed by atoms with E-state index in [0.29, 0.717) is 13.2 Å². The molecule has 0 fully saturated rings. The first kappa shape index (κ1) is 41.4. The van der Waals surface area contributed by atoms with Crippen LogP contribution < -0.4 is 19.3 Å². The van der Waals surface area contributed by atoms with E-state index in [1.807, 2.05) is 60.7 Å². The summed E-state index contributed by atoms with van der Waals surface area (Å²) in [5.41, 5.74) is 13.0. The number of fused-ring (bicyclic) bond motifs is 2. The van der Waals surface area contributed by atoms with Gasteiger partial charge in [0.1, 0.15) is 24.7 Å². The second kappa shape index (κ2) is 19.0. The fraction of sp³-hybridized carbons (Fsp3) is 0.0323. The Morgan fingerprint density at radius 3 is 1.14 bits per heavy atom. The minimum Gasteiger partial charge on any atom is -0.489 e. The maximum Gasteiger partial charge on any atom is 0.119 e. The third kappa shape index (κ3) is 8.94. The Hall–Kier alpha value is -8.60. The van der Waals surface area contributed by atoms with Crippen molar-refractivity contribution in [2.45, 2.75) is 13.2 Å². The molecule has 0 amide bonds. The van der Waals surface area contributed by atoms with Crippen LogP contribution in [0.5, 0.6) is 11.5 Å². The van der Waals surface area contributed by atoms with Crippen LogP contribution in [-0.4, -0.2) is 0 Å². The summed E-state index contributed by atoms with van der Waals surface area (Å²) in [5.74, 6) is 1.65. The minimum absolute atomic E-state index is 0.447. The Labute approximate surface area is 387 Å². The maximum absolute atomic E-state index is 6.24. The molecule has 0 unspecified atom stereocenters. The lowest BCUT2D eigenvalue weighted by atomic mass is 10.0. The molecule has 318 valence electrons. The van der Waals surface area contributed by atoms with E-state index in [0.717, 1.165) is 79.0 Å². The Balaban J connectivity index is 0.962. The Bertz CT molecular complexity index is 3050. The second-order valence-corrected chi connectivity index (χ2v) is 16.2. The zero-order valence-corrected chi connectivity index (χ0v) is 36.6. The average Bonchev–Trinajstić information content (AvgIpc) is 3.39. The number of anilines is 6. The number of hydrogen-bond acceptors (Lipinski definition) is 4. The first-order valence-corrected chi connectivity index (χ1v) is 22.2. The second-order valence-electron chi connectivity index (χ2n) is 16.2. The molecule has 0 aliphatic carbocycles. The SMILES string of the molecule is C=Cc1ccc(OCc2cccc(N(c3ccc(-c4ccc(N(c5cccc(COc6ccc(C=C)cc6)c5)c5cccc6ccccc56)cc4)cc3)c3cccc4ccccc34)c2)cc1. The molecule has 10 rings (SSSR count). The molecule has 0 saturated carbocycles. The maximum atomic E-state index is 6.24. The lowest BCUT2D eigenvalue weighted by Gasteiger charge is -2.28. The third-order valence-electron chi connectivity index (χ3n) is 12.0. The highest BCUT2D eigenvalue weighted by atomic mass is 16.5. The van der Waals surface area contributed by atoms with Gasteiger partial charge in [-0.3, -0.25) is 0 Å². The van der Waals surface area contributed by atoms with Crippen LogP contribution in [0.3, 0.4) is 0 Å². The van der Waals surface area contributed by atoms with Gasteiger partial charge >= 0.3 is 0 Å². The Morgan fingerprint density at radius 2 is 0.727 bits per heavy atom. The molecule has 0 spiro atoms. The molecule has 0 aromatic heterocycles. The molecule has 10 aromatic carbocycles. The summed E-state index contributed by atoms with van der Waals surface area (Å²) in [7, 11) is 0. The number of rotatable bonds is 15. The number of ether oxygens (including phenoxy) is 2. The predicted octanol–water partition coefficient (Wildman–Crippen LogP) is 17.0. The Kier molecular flexibility index (Phi) is 11.9. The predicted molar refractivity (Wildman–Crippen MR) is 278 cm³/mol. The fourth-order valence-electron chi connectivity index (χ4n) is 8.57. The molecule has 0 heterocycles. The van der Waals surface area contributed by atoms with E-state index in [4.69, 9.17) is 9.47 Å². The van der Waals surface area contributed by atoms with Crippen molar-refractivity contribution in [3.63, 3.8) is 0 Å². The van der Waals surface area contributed by atoms with E-state index in [9.17, 15) is 0 Å². The molecule has 0 bridgehead atoms. The van der Waals surface area contributed by atoms with E-state index in [1.165, 1.54) is 21.5 Å². The van der Waals surface area contributed by atoms with Crippen LogP contribution >= 0.6 is 0 Å². The fourth-order valence-corrected chi connectivity index (χ4v) is 8.57. The molecular weight excluding hydrogens is 805 g/mol. The van der Waals surface area contributed by atoms with Gasteiger partial charge in [-0.2, -0.15) is 0 Å². The van der Waals surface area contributed by atoms with Gasteiger partial charge < -0.3 is 19.3 Å². The molecule has 4 nitrogen and oxygen atoms in total. The van der Waals surface area contributed by atoms with Crippen molar-refractivity contribution in [1.82, 2.24) is 0 Å². The van der Waals surface area contributed by atoms with Gasteiger partial charge in [0.15, 0.2) is 0 Å². The average molecular weight is 853 g/mol. The smallest absolute Gasteiger partial charge is 0.119 e. The summed E-state index contributed by atoms with van der Waals surface area (Å²) in [6, 6.07) is 81.2. The standard InChI is InChI=1S/C62H48N2O2/c1-3-45-25-37-57(38-26-45)65-43-47-13-9-19-55(41-47)63(61-23-11-17-51-15-5-7-21-59(51)61)53-33-29-49(30-34-53)50-31-35-54(36-32-50)64(62-24-12-18-52-16-6-8-22-60(52)62)56-20-10-14-48(42-56)44-66-58-39-27-46(4-2)28-40-58/h3-42H,1-2,43-44H2. The minimum atomic E-state index is 0.447. The van der Waals surface area contributed by atoms with Crippen molar-refractivity contribution in [2.75, 3.05) is 9.80 Å². The Morgan fingerprint density at radius 1 is 0.348 bits per heavy atom. The first-order chi connectivity index (χ1) is 32.6. The molecular formula is C62H48N2O2. The van der Waals surface area contributed by atoms with Crippen molar-refractivity contribution in [3.8, 4) is 22.6 Å². The van der Waals surface area contributed by atoms with Crippen molar-refractivity contribution in [1.29, 1.82) is 0 Å². The molecule has 66 heavy (non-hydrogen) atoms. The summed E-state index contributed by atoms with van der Waals surface area (Å²) in [4.78, 5) is 4.69. The van der Waals surface area contributed by atoms with Crippen molar-refractivity contribution < 1.29 is 9.47 Å². The third-order valence-corrected chi connectivity index (χ3v) is 12.0. The van der Waals surface area contributed by atoms with Crippen molar-refractivity contribution in [3.05, 3.63) is 266 Å². The number of hydrogen-bond donors (Lipinski definition) is 0. The van der Waals surface area contributed by atoms with Crippen LogP contribution in [0.4, 0.5) is 34.1 Å². The summed E-state index contributed by atoms with van der Waals surface area (Å²) in [6.07, 6.45) is 3.68. The molecule has 0 aliphatic rings. The highest BCUT2D eigenvalue weighted by molar-refractivity contribution is 6.00. The highest BCUT2D eigenvalue weighted by Crippen LogP contribution is 2.42. The van der Waals surface area contributed by atoms with E-state index in [-0.39, 0.29) is 0 Å². The van der Waals surface area contributed by atoms with E-state index < -0.39 is 0 Å². The number of benzene rings is 10. The van der Waals surface area contributed by atoms with Gasteiger partial charge in [-0.15, -0.1) is 0 Å². The molecule has 0 N–H and O–H groups in total. The monoisotopic (exact) mass is 852 g/mol. The largest absolute Gasteiger partial charge is 0.489 e. The first-order valence-electron chi connectivity index (χ1n) is 22.2. The van der Waals surface area contributed by atoms with Crippen molar-refractivity contribution in [2.24, 2.45) is 0 Å². The summed E-state index contributed by atoms with van der Waals surface area (Å²) in [6.45, 7) is 8.63. The van der Waals surface area contributed by atoms with Crippen LogP contribution in [0.1, 0.15) is 22.3 Å². The van der Waals surface area contributed by atoms with Gasteiger partial charge in [0.25, 0.3) is 0 Å². The molecule has 0 radical (unpaired) electrons. The lowest BCUT2D eigenvalue weighted by molar-refractivity contribution is 0.306. The van der Waals surface area contributed by atoms with Gasteiger partial charge in [-0.05, 0) is 129 Å². The van der Waals surface area contributed by atoms with E-state index >= 15 is 0 Å². The molecule has 4 heteroatoms. The van der Waals surface area contributed by atoms with Crippen LogP contribution in [0.15, 0.2) is 244 Å². The van der Waals surface area contributed by atoms with E-state index in [2.05, 4.69) is 205 Å². The summed E-state index contributed by atoms with van der Waals surface area (Å²) in [5, 5.41) is 4.73. The van der Waals surface area contributed by atoms with Crippen LogP contribution in [0.2, 0.25) is 0 Å². The zero-order valence-electron chi connectivity index (χ0n) is 36.6. The highest BCUT2D eigenvalue weighted by Gasteiger charge is 2.18. The molecule has 0 aliphatic heterocycles. The topological polar surface area (TPSA) is 24.9 Å². The van der Waals surface area contributed by atoms with E-state index in [1.54, 1.807) is 0 Å². The molecule has 10 aromatic rings.